The summed E-state index contributed by atoms with van der Waals surface area (Å²) in [5, 5.41) is 0. The second kappa shape index (κ2) is 2.85. The Morgan fingerprint density at radius 2 is 2.38 bits per heavy atom. The number of aromatic nitrogens is 2. The van der Waals surface area contributed by atoms with Gasteiger partial charge in [0.2, 0.25) is 5.95 Å². The quantitative estimate of drug-likeness (QED) is 0.595. The van der Waals surface area contributed by atoms with Crippen LogP contribution in [0, 0.1) is 6.92 Å². The van der Waals surface area contributed by atoms with Crippen LogP contribution in [0.3, 0.4) is 0 Å². The van der Waals surface area contributed by atoms with E-state index < -0.39 is 0 Å². The van der Waals surface area contributed by atoms with Crippen molar-refractivity contribution in [2.24, 2.45) is 5.73 Å². The van der Waals surface area contributed by atoms with Crippen molar-refractivity contribution < 1.29 is 0 Å². The van der Waals surface area contributed by atoms with Gasteiger partial charge < -0.3 is 10.6 Å². The molecule has 0 bridgehead atoms. The molecular formula is C8H12N4O. The predicted molar refractivity (Wildman–Crippen MR) is 49.8 cm³/mol. The summed E-state index contributed by atoms with van der Waals surface area (Å²) in [7, 11) is 0. The van der Waals surface area contributed by atoms with Crippen LogP contribution in [0.1, 0.15) is 5.69 Å². The number of hydrogen-bond donors (Lipinski definition) is 2. The van der Waals surface area contributed by atoms with Crippen LogP contribution in [0.2, 0.25) is 0 Å². The molecule has 70 valence electrons. The highest BCUT2D eigenvalue weighted by Crippen LogP contribution is 2.12. The molecule has 1 aromatic rings. The first kappa shape index (κ1) is 8.25. The van der Waals surface area contributed by atoms with Gasteiger partial charge in [0.05, 0.1) is 0 Å². The first-order chi connectivity index (χ1) is 6.15. The maximum Gasteiger partial charge on any atom is 0.252 e. The lowest BCUT2D eigenvalue weighted by Crippen LogP contribution is -2.56. The van der Waals surface area contributed by atoms with Crippen LogP contribution in [0.5, 0.6) is 0 Å². The van der Waals surface area contributed by atoms with Crippen molar-refractivity contribution in [2.45, 2.75) is 13.0 Å². The summed E-state index contributed by atoms with van der Waals surface area (Å²) in [5.74, 6) is 0.631. The number of nitrogens with zero attached hydrogens (tertiary/aromatic N) is 2. The number of hydrogen-bond acceptors (Lipinski definition) is 4. The second-order valence-corrected chi connectivity index (χ2v) is 3.38. The van der Waals surface area contributed by atoms with Crippen molar-refractivity contribution in [3.05, 3.63) is 22.1 Å². The SMILES string of the molecule is Cc1cc(=O)[nH]c(N2CC(N)C2)n1. The second-order valence-electron chi connectivity index (χ2n) is 3.38. The topological polar surface area (TPSA) is 75.0 Å². The van der Waals surface area contributed by atoms with Crippen molar-refractivity contribution in [3.63, 3.8) is 0 Å². The molecule has 0 amide bonds. The summed E-state index contributed by atoms with van der Waals surface area (Å²) < 4.78 is 0. The minimum absolute atomic E-state index is 0.108. The Hall–Kier alpha value is -1.36. The zero-order valence-corrected chi connectivity index (χ0v) is 7.45. The van der Waals surface area contributed by atoms with Gasteiger partial charge in [0, 0.05) is 30.9 Å². The molecule has 2 rings (SSSR count). The van der Waals surface area contributed by atoms with Gasteiger partial charge in [-0.15, -0.1) is 0 Å². The molecule has 13 heavy (non-hydrogen) atoms. The highest BCUT2D eigenvalue weighted by molar-refractivity contribution is 5.35. The number of nitrogens with one attached hydrogen (secondary N) is 1. The molecule has 0 aliphatic carbocycles. The molecule has 0 atom stereocenters. The lowest BCUT2D eigenvalue weighted by molar-refractivity contribution is 0.507. The maximum atomic E-state index is 11.1. The molecule has 2 heterocycles. The lowest BCUT2D eigenvalue weighted by Gasteiger charge is -2.37. The van der Waals surface area contributed by atoms with Crippen LogP contribution >= 0.6 is 0 Å². The molecule has 0 spiro atoms. The highest BCUT2D eigenvalue weighted by Gasteiger charge is 2.24. The van der Waals surface area contributed by atoms with Crippen molar-refractivity contribution in [3.8, 4) is 0 Å². The third-order valence-electron chi connectivity index (χ3n) is 2.07. The highest BCUT2D eigenvalue weighted by atomic mass is 16.1. The summed E-state index contributed by atoms with van der Waals surface area (Å²) in [5.41, 5.74) is 6.25. The van der Waals surface area contributed by atoms with E-state index in [0.717, 1.165) is 18.8 Å². The number of nitrogens with two attached hydrogens (primary N) is 1. The van der Waals surface area contributed by atoms with Crippen LogP contribution in [0.25, 0.3) is 0 Å². The van der Waals surface area contributed by atoms with E-state index in [-0.39, 0.29) is 11.6 Å². The van der Waals surface area contributed by atoms with Gasteiger partial charge in [0.15, 0.2) is 0 Å². The van der Waals surface area contributed by atoms with Crippen molar-refractivity contribution in [1.29, 1.82) is 0 Å². The van der Waals surface area contributed by atoms with E-state index in [0.29, 0.717) is 5.95 Å². The molecule has 0 unspecified atom stereocenters. The van der Waals surface area contributed by atoms with E-state index in [2.05, 4.69) is 9.97 Å². The van der Waals surface area contributed by atoms with Gasteiger partial charge in [0.25, 0.3) is 5.56 Å². The van der Waals surface area contributed by atoms with E-state index in [1.54, 1.807) is 6.92 Å². The van der Waals surface area contributed by atoms with Crippen LogP contribution in [-0.2, 0) is 0 Å². The molecule has 1 saturated heterocycles. The third-order valence-corrected chi connectivity index (χ3v) is 2.07. The van der Waals surface area contributed by atoms with Crippen LogP contribution in [-0.4, -0.2) is 29.1 Å². The molecule has 1 fully saturated rings. The Kier molecular flexibility index (Phi) is 1.81. The number of rotatable bonds is 1. The average molecular weight is 180 g/mol. The number of H-pyrrole nitrogens is 1. The van der Waals surface area contributed by atoms with Crippen molar-refractivity contribution >= 4 is 5.95 Å². The Balaban J connectivity index is 2.26. The zero-order chi connectivity index (χ0) is 9.42. The molecule has 3 N–H and O–H groups in total. The van der Waals surface area contributed by atoms with Gasteiger partial charge in [-0.2, -0.15) is 0 Å². The molecule has 1 aliphatic heterocycles. The van der Waals surface area contributed by atoms with Gasteiger partial charge in [-0.25, -0.2) is 4.98 Å². The van der Waals surface area contributed by atoms with E-state index in [1.165, 1.54) is 6.07 Å². The zero-order valence-electron chi connectivity index (χ0n) is 7.45. The lowest BCUT2D eigenvalue weighted by atomic mass is 10.1. The summed E-state index contributed by atoms with van der Waals surface area (Å²) in [6.45, 7) is 3.34. The minimum Gasteiger partial charge on any atom is -0.339 e. The Bertz CT molecular complexity index is 367. The van der Waals surface area contributed by atoms with Crippen molar-refractivity contribution in [2.75, 3.05) is 18.0 Å². The summed E-state index contributed by atoms with van der Waals surface area (Å²) >= 11 is 0. The third kappa shape index (κ3) is 1.55. The van der Waals surface area contributed by atoms with E-state index in [9.17, 15) is 4.79 Å². The van der Waals surface area contributed by atoms with Gasteiger partial charge in [-0.1, -0.05) is 0 Å². The Morgan fingerprint density at radius 3 is 2.92 bits per heavy atom. The molecule has 0 saturated carbocycles. The van der Waals surface area contributed by atoms with E-state index >= 15 is 0 Å². The first-order valence-corrected chi connectivity index (χ1v) is 4.23. The number of anilines is 1. The minimum atomic E-state index is -0.108. The van der Waals surface area contributed by atoms with E-state index in [4.69, 9.17) is 5.73 Å². The molecule has 0 radical (unpaired) electrons. The summed E-state index contributed by atoms with van der Waals surface area (Å²) in [6.07, 6.45) is 0. The fraction of sp³-hybridized carbons (Fsp3) is 0.500. The molecule has 1 aromatic heterocycles. The molecule has 0 aromatic carbocycles. The van der Waals surface area contributed by atoms with E-state index in [1.807, 2.05) is 4.90 Å². The predicted octanol–water partition coefficient (Wildman–Crippen LogP) is -0.774. The number of aromatic amines is 1. The Labute approximate surface area is 75.6 Å². The smallest absolute Gasteiger partial charge is 0.252 e. The van der Waals surface area contributed by atoms with Gasteiger partial charge in [0.1, 0.15) is 0 Å². The largest absolute Gasteiger partial charge is 0.339 e. The van der Waals surface area contributed by atoms with Gasteiger partial charge in [-0.3, -0.25) is 9.78 Å². The monoisotopic (exact) mass is 180 g/mol. The Morgan fingerprint density at radius 1 is 1.69 bits per heavy atom. The molecule has 5 nitrogen and oxygen atoms in total. The molecular weight excluding hydrogens is 168 g/mol. The normalized spacial score (nSPS) is 17.2. The fourth-order valence-electron chi connectivity index (χ4n) is 1.40. The maximum absolute atomic E-state index is 11.1. The number of aryl methyl sites for hydroxylation is 1. The fourth-order valence-corrected chi connectivity index (χ4v) is 1.40. The standard InChI is InChI=1S/C8H12N4O/c1-5-2-7(13)11-8(10-5)12-3-6(9)4-12/h2,6H,3-4,9H2,1H3,(H,10,11,13). The molecule has 1 aliphatic rings. The van der Waals surface area contributed by atoms with Gasteiger partial charge >= 0.3 is 0 Å². The van der Waals surface area contributed by atoms with Crippen LogP contribution < -0.4 is 16.2 Å². The van der Waals surface area contributed by atoms with Gasteiger partial charge in [-0.05, 0) is 6.92 Å². The van der Waals surface area contributed by atoms with Crippen LogP contribution in [0.4, 0.5) is 5.95 Å². The van der Waals surface area contributed by atoms with Crippen molar-refractivity contribution in [1.82, 2.24) is 9.97 Å². The first-order valence-electron chi connectivity index (χ1n) is 4.23. The molecule has 5 heteroatoms. The summed E-state index contributed by atoms with van der Waals surface area (Å²) in [6, 6.07) is 1.69. The average Bonchev–Trinajstić information content (AvgIpc) is 1.96. The summed E-state index contributed by atoms with van der Waals surface area (Å²) in [4.78, 5) is 19.9. The van der Waals surface area contributed by atoms with Crippen LogP contribution in [0.15, 0.2) is 10.9 Å².